The van der Waals surface area contributed by atoms with E-state index < -0.39 is 0 Å². The van der Waals surface area contributed by atoms with E-state index in [1.807, 2.05) is 25.1 Å². The van der Waals surface area contributed by atoms with Crippen molar-refractivity contribution in [3.63, 3.8) is 0 Å². The summed E-state index contributed by atoms with van der Waals surface area (Å²) in [5.41, 5.74) is 5.37. The Morgan fingerprint density at radius 1 is 0.902 bits per heavy atom. The molecule has 0 aliphatic heterocycles. The van der Waals surface area contributed by atoms with Gasteiger partial charge in [0, 0.05) is 27.8 Å². The van der Waals surface area contributed by atoms with Crippen LogP contribution in [0.15, 0.2) is 66.7 Å². The lowest BCUT2D eigenvalue weighted by atomic mass is 9.48. The molecule has 41 heavy (non-hydrogen) atoms. The highest BCUT2D eigenvalue weighted by Gasteiger charge is 2.52. The van der Waals surface area contributed by atoms with Crippen LogP contribution in [0.1, 0.15) is 69.1 Å². The lowest BCUT2D eigenvalue weighted by Crippen LogP contribution is -2.48. The van der Waals surface area contributed by atoms with Crippen molar-refractivity contribution in [3.05, 3.63) is 88.5 Å². The standard InChI is InChI=1S/C36H39ClO4/c1-3-39-34(38)13-11-29-17-30(37)19-31(35(29)40-4-2)28-10-12-33(41-23-24-8-6-5-7-9-24)32(18-28)36-20-25-14-26(21-36)16-27(15-25)22-36/h5-13,17-19,25-27H,3-4,14-16,20-23H2,1-2H3. The summed E-state index contributed by atoms with van der Waals surface area (Å²) < 4.78 is 17.9. The molecule has 7 rings (SSSR count). The van der Waals surface area contributed by atoms with Gasteiger partial charge in [-0.15, -0.1) is 0 Å². The predicted octanol–water partition coefficient (Wildman–Crippen LogP) is 9.03. The van der Waals surface area contributed by atoms with E-state index >= 15 is 0 Å². The van der Waals surface area contributed by atoms with Gasteiger partial charge in [0.05, 0.1) is 13.2 Å². The first-order chi connectivity index (χ1) is 20.0. The normalized spacial score (nSPS) is 24.5. The van der Waals surface area contributed by atoms with Gasteiger partial charge in [-0.3, -0.25) is 0 Å². The average Bonchev–Trinajstić information content (AvgIpc) is 2.96. The van der Waals surface area contributed by atoms with Crippen LogP contribution in [-0.2, 0) is 21.6 Å². The van der Waals surface area contributed by atoms with Crippen molar-refractivity contribution in [2.45, 2.75) is 64.4 Å². The fraction of sp³-hybridized carbons (Fsp3) is 0.417. The molecule has 0 heterocycles. The van der Waals surface area contributed by atoms with Gasteiger partial charge in [0.25, 0.3) is 0 Å². The van der Waals surface area contributed by atoms with Gasteiger partial charge in [-0.25, -0.2) is 4.79 Å². The molecular formula is C36H39ClO4. The number of halogens is 1. The van der Waals surface area contributed by atoms with Gasteiger partial charge in [0.2, 0.25) is 0 Å². The number of benzene rings is 3. The Hall–Kier alpha value is -3.24. The number of carbonyl (C=O) groups is 1. The quantitative estimate of drug-likeness (QED) is 0.180. The minimum Gasteiger partial charge on any atom is -0.493 e. The van der Waals surface area contributed by atoms with Gasteiger partial charge in [-0.2, -0.15) is 0 Å². The molecule has 4 saturated carbocycles. The third-order valence-corrected chi connectivity index (χ3v) is 9.41. The largest absolute Gasteiger partial charge is 0.493 e. The number of hydrogen-bond acceptors (Lipinski definition) is 4. The van der Waals surface area contributed by atoms with Gasteiger partial charge in [0.1, 0.15) is 18.1 Å². The molecule has 0 aromatic heterocycles. The number of hydrogen-bond donors (Lipinski definition) is 0. The monoisotopic (exact) mass is 570 g/mol. The molecule has 0 unspecified atom stereocenters. The second-order valence-corrected chi connectivity index (χ2v) is 12.5. The highest BCUT2D eigenvalue weighted by molar-refractivity contribution is 6.31. The van der Waals surface area contributed by atoms with E-state index in [1.54, 1.807) is 13.0 Å². The smallest absolute Gasteiger partial charge is 0.330 e. The second-order valence-electron chi connectivity index (χ2n) is 12.1. The van der Waals surface area contributed by atoms with Crippen LogP contribution in [0.3, 0.4) is 0 Å². The highest BCUT2D eigenvalue weighted by Crippen LogP contribution is 2.62. The van der Waals surface area contributed by atoms with Crippen molar-refractivity contribution in [3.8, 4) is 22.6 Å². The zero-order valence-corrected chi connectivity index (χ0v) is 24.8. The number of rotatable bonds is 10. The first kappa shape index (κ1) is 27.9. The molecule has 4 aliphatic rings. The van der Waals surface area contributed by atoms with Crippen LogP contribution in [0.4, 0.5) is 0 Å². The molecular weight excluding hydrogens is 532 g/mol. The minimum atomic E-state index is -0.388. The topological polar surface area (TPSA) is 44.8 Å². The molecule has 0 amide bonds. The zero-order valence-electron chi connectivity index (χ0n) is 24.0. The van der Waals surface area contributed by atoms with Gasteiger partial charge < -0.3 is 14.2 Å². The van der Waals surface area contributed by atoms with Gasteiger partial charge in [0.15, 0.2) is 0 Å². The van der Waals surface area contributed by atoms with Gasteiger partial charge in [-0.05, 0) is 117 Å². The summed E-state index contributed by atoms with van der Waals surface area (Å²) in [6.07, 6.45) is 11.1. The SMILES string of the molecule is CCOC(=O)C=Cc1cc(Cl)cc(-c2ccc(OCc3ccccc3)c(C34CC5CC(CC(C5)C3)C4)c2)c1OCC. The Morgan fingerprint density at radius 3 is 2.27 bits per heavy atom. The van der Waals surface area contributed by atoms with E-state index in [-0.39, 0.29) is 11.4 Å². The number of ether oxygens (including phenoxy) is 3. The fourth-order valence-electron chi connectivity index (χ4n) is 8.02. The third-order valence-electron chi connectivity index (χ3n) is 9.19. The van der Waals surface area contributed by atoms with Crippen LogP contribution >= 0.6 is 11.6 Å². The summed E-state index contributed by atoms with van der Waals surface area (Å²) in [6.45, 7) is 5.13. The maximum absolute atomic E-state index is 12.1. The van der Waals surface area contributed by atoms with Gasteiger partial charge in [-0.1, -0.05) is 48.0 Å². The molecule has 5 heteroatoms. The molecule has 4 aliphatic carbocycles. The molecule has 4 fully saturated rings. The van der Waals surface area contributed by atoms with E-state index in [4.69, 9.17) is 25.8 Å². The van der Waals surface area contributed by atoms with Crippen LogP contribution in [0.2, 0.25) is 5.02 Å². The molecule has 214 valence electrons. The average molecular weight is 571 g/mol. The third kappa shape index (κ3) is 5.90. The van der Waals surface area contributed by atoms with Crippen molar-refractivity contribution in [1.29, 1.82) is 0 Å². The van der Waals surface area contributed by atoms with E-state index in [1.165, 1.54) is 55.7 Å². The number of carbonyl (C=O) groups excluding carboxylic acids is 1. The van der Waals surface area contributed by atoms with Crippen molar-refractivity contribution >= 4 is 23.6 Å². The Kier molecular flexibility index (Phi) is 8.12. The van der Waals surface area contributed by atoms with Crippen molar-refractivity contribution in [1.82, 2.24) is 0 Å². The van der Waals surface area contributed by atoms with E-state index in [0.29, 0.717) is 30.6 Å². The van der Waals surface area contributed by atoms with Crippen LogP contribution in [0.25, 0.3) is 17.2 Å². The minimum absolute atomic E-state index is 0.147. The van der Waals surface area contributed by atoms with Crippen LogP contribution in [0.5, 0.6) is 11.5 Å². The fourth-order valence-corrected chi connectivity index (χ4v) is 8.25. The van der Waals surface area contributed by atoms with Crippen LogP contribution in [0, 0.1) is 17.8 Å². The van der Waals surface area contributed by atoms with Crippen LogP contribution < -0.4 is 9.47 Å². The maximum Gasteiger partial charge on any atom is 0.330 e. The first-order valence-corrected chi connectivity index (χ1v) is 15.5. The molecule has 0 atom stereocenters. The summed E-state index contributed by atoms with van der Waals surface area (Å²) in [5, 5.41) is 0.590. The lowest BCUT2D eigenvalue weighted by molar-refractivity contribution is -0.137. The first-order valence-electron chi connectivity index (χ1n) is 15.1. The molecule has 0 radical (unpaired) electrons. The molecule has 3 aromatic rings. The van der Waals surface area contributed by atoms with E-state index in [0.717, 1.165) is 40.2 Å². The molecule has 0 N–H and O–H groups in total. The zero-order chi connectivity index (χ0) is 28.4. The Morgan fingerprint density at radius 2 is 1.61 bits per heavy atom. The second kappa shape index (κ2) is 11.9. The van der Waals surface area contributed by atoms with Crippen LogP contribution in [-0.4, -0.2) is 19.2 Å². The molecule has 0 spiro atoms. The summed E-state index contributed by atoms with van der Waals surface area (Å²) in [7, 11) is 0. The maximum atomic E-state index is 12.1. The molecule has 4 nitrogen and oxygen atoms in total. The summed E-state index contributed by atoms with van der Waals surface area (Å²) in [5.74, 6) is 3.76. The van der Waals surface area contributed by atoms with Crippen molar-refractivity contribution in [2.24, 2.45) is 17.8 Å². The summed E-state index contributed by atoms with van der Waals surface area (Å²) in [4.78, 5) is 12.1. The Labute approximate surface area is 248 Å². The van der Waals surface area contributed by atoms with Gasteiger partial charge >= 0.3 is 5.97 Å². The highest BCUT2D eigenvalue weighted by atomic mass is 35.5. The lowest BCUT2D eigenvalue weighted by Gasteiger charge is -2.57. The molecule has 4 bridgehead atoms. The predicted molar refractivity (Wildman–Crippen MR) is 164 cm³/mol. The Balaban J connectivity index is 1.43. The van der Waals surface area contributed by atoms with E-state index in [9.17, 15) is 4.79 Å². The Bertz CT molecular complexity index is 1390. The number of esters is 1. The summed E-state index contributed by atoms with van der Waals surface area (Å²) in [6, 6.07) is 20.8. The molecule has 3 aromatic carbocycles. The van der Waals surface area contributed by atoms with Crippen molar-refractivity contribution in [2.75, 3.05) is 13.2 Å². The molecule has 0 saturated heterocycles. The summed E-state index contributed by atoms with van der Waals surface area (Å²) >= 11 is 6.66. The van der Waals surface area contributed by atoms with Crippen molar-refractivity contribution < 1.29 is 19.0 Å². The van der Waals surface area contributed by atoms with E-state index in [2.05, 4.69) is 42.5 Å².